The zero-order valence-corrected chi connectivity index (χ0v) is 11.2. The molecule has 4 nitrogen and oxygen atoms in total. The molecule has 0 fully saturated rings. The molecule has 0 saturated carbocycles. The van der Waals surface area contributed by atoms with Gasteiger partial charge in [0.25, 0.3) is 0 Å². The van der Waals surface area contributed by atoms with Crippen molar-refractivity contribution in [2.75, 3.05) is 12.8 Å². The number of pyridine rings is 1. The van der Waals surface area contributed by atoms with E-state index in [2.05, 4.69) is 4.98 Å². The highest BCUT2D eigenvalue weighted by Gasteiger charge is 2.12. The molecule has 0 aliphatic carbocycles. The van der Waals surface area contributed by atoms with E-state index < -0.39 is 0 Å². The first kappa shape index (κ1) is 14.0. The second kappa shape index (κ2) is 6.14. The van der Waals surface area contributed by atoms with Gasteiger partial charge in [0, 0.05) is 24.8 Å². The fraction of sp³-hybridized carbons (Fsp3) is 0.200. The van der Waals surface area contributed by atoms with Crippen molar-refractivity contribution in [2.24, 2.45) is 0 Å². The van der Waals surface area contributed by atoms with Crippen LogP contribution in [0, 0.1) is 5.82 Å². The van der Waals surface area contributed by atoms with Crippen LogP contribution in [0.1, 0.15) is 11.3 Å². The highest BCUT2D eigenvalue weighted by atomic mass is 19.1. The molecule has 1 aromatic heterocycles. The summed E-state index contributed by atoms with van der Waals surface area (Å²) < 4.78 is 13.5. The molecule has 0 radical (unpaired) electrons. The summed E-state index contributed by atoms with van der Waals surface area (Å²) in [6.07, 6.45) is 1.69. The van der Waals surface area contributed by atoms with Crippen molar-refractivity contribution < 1.29 is 9.18 Å². The molecule has 0 bridgehead atoms. The Balaban J connectivity index is 1.99. The fourth-order valence-corrected chi connectivity index (χ4v) is 1.80. The van der Waals surface area contributed by atoms with E-state index in [1.165, 1.54) is 17.2 Å². The van der Waals surface area contributed by atoms with Crippen molar-refractivity contribution in [1.82, 2.24) is 9.88 Å². The van der Waals surface area contributed by atoms with Crippen LogP contribution in [0.4, 0.5) is 10.1 Å². The molecule has 0 spiro atoms. The van der Waals surface area contributed by atoms with Gasteiger partial charge in [-0.2, -0.15) is 0 Å². The molecule has 0 aliphatic rings. The molecule has 104 valence electrons. The molecule has 1 heterocycles. The van der Waals surface area contributed by atoms with Gasteiger partial charge in [-0.1, -0.05) is 18.2 Å². The number of nitrogens with two attached hydrogens (primary N) is 1. The zero-order chi connectivity index (χ0) is 14.5. The van der Waals surface area contributed by atoms with Crippen LogP contribution in [0.25, 0.3) is 0 Å². The number of hydrogen-bond donors (Lipinski definition) is 1. The van der Waals surface area contributed by atoms with Crippen LogP contribution in [0.5, 0.6) is 0 Å². The first-order valence-corrected chi connectivity index (χ1v) is 6.24. The molecule has 0 atom stereocenters. The number of carbonyl (C=O) groups is 1. The third-order valence-electron chi connectivity index (χ3n) is 2.97. The van der Waals surface area contributed by atoms with Crippen LogP contribution in [-0.4, -0.2) is 22.8 Å². The van der Waals surface area contributed by atoms with E-state index in [4.69, 9.17) is 5.73 Å². The number of carbonyl (C=O) groups excluding carboxylic acids is 1. The van der Waals surface area contributed by atoms with Crippen molar-refractivity contribution in [1.29, 1.82) is 0 Å². The molecule has 2 aromatic rings. The highest BCUT2D eigenvalue weighted by Crippen LogP contribution is 2.10. The average molecular weight is 273 g/mol. The minimum atomic E-state index is -0.308. The minimum absolute atomic E-state index is 0.120. The van der Waals surface area contributed by atoms with Gasteiger partial charge in [-0.3, -0.25) is 9.78 Å². The number of likely N-dealkylation sites (N-methyl/N-ethyl adjacent to an activating group) is 1. The number of nitrogen functional groups attached to an aromatic ring is 1. The number of halogens is 1. The Bertz CT molecular complexity index is 598. The van der Waals surface area contributed by atoms with Gasteiger partial charge in [-0.05, 0) is 18.2 Å². The molecule has 0 unspecified atom stereocenters. The van der Waals surface area contributed by atoms with E-state index >= 15 is 0 Å². The SMILES string of the molecule is CN(Cc1ccccc1F)C(=O)Cc1ccc(N)cn1. The van der Waals surface area contributed by atoms with Gasteiger partial charge in [0.2, 0.25) is 5.91 Å². The Labute approximate surface area is 117 Å². The van der Waals surface area contributed by atoms with Gasteiger partial charge >= 0.3 is 0 Å². The van der Waals surface area contributed by atoms with Crippen molar-refractivity contribution in [3.05, 3.63) is 59.7 Å². The Kier molecular flexibility index (Phi) is 4.30. The van der Waals surface area contributed by atoms with Crippen molar-refractivity contribution in [3.63, 3.8) is 0 Å². The van der Waals surface area contributed by atoms with Gasteiger partial charge in [0.05, 0.1) is 18.3 Å². The number of benzene rings is 1. The molecule has 5 heteroatoms. The lowest BCUT2D eigenvalue weighted by molar-refractivity contribution is -0.129. The fourth-order valence-electron chi connectivity index (χ4n) is 1.80. The summed E-state index contributed by atoms with van der Waals surface area (Å²) in [7, 11) is 1.64. The lowest BCUT2D eigenvalue weighted by Gasteiger charge is -2.17. The molecular formula is C15H16FN3O. The Morgan fingerprint density at radius 3 is 2.70 bits per heavy atom. The second-order valence-electron chi connectivity index (χ2n) is 4.60. The van der Waals surface area contributed by atoms with E-state index in [0.717, 1.165) is 0 Å². The predicted molar refractivity (Wildman–Crippen MR) is 75.2 cm³/mol. The van der Waals surface area contributed by atoms with E-state index in [-0.39, 0.29) is 24.7 Å². The normalized spacial score (nSPS) is 10.3. The third kappa shape index (κ3) is 3.54. The topological polar surface area (TPSA) is 59.2 Å². The Morgan fingerprint density at radius 1 is 1.30 bits per heavy atom. The van der Waals surface area contributed by atoms with E-state index in [0.29, 0.717) is 16.9 Å². The predicted octanol–water partition coefficient (Wildman–Crippen LogP) is 2.00. The van der Waals surface area contributed by atoms with Gasteiger partial charge in [0.15, 0.2) is 0 Å². The maximum Gasteiger partial charge on any atom is 0.228 e. The van der Waals surface area contributed by atoms with Crippen LogP contribution in [0.15, 0.2) is 42.6 Å². The summed E-state index contributed by atoms with van der Waals surface area (Å²) in [4.78, 5) is 17.6. The van der Waals surface area contributed by atoms with Gasteiger partial charge < -0.3 is 10.6 Å². The minimum Gasteiger partial charge on any atom is -0.397 e. The Morgan fingerprint density at radius 2 is 2.05 bits per heavy atom. The van der Waals surface area contributed by atoms with Crippen LogP contribution in [0.3, 0.4) is 0 Å². The molecular weight excluding hydrogens is 257 g/mol. The largest absolute Gasteiger partial charge is 0.397 e. The highest BCUT2D eigenvalue weighted by molar-refractivity contribution is 5.78. The van der Waals surface area contributed by atoms with Crippen molar-refractivity contribution >= 4 is 11.6 Å². The van der Waals surface area contributed by atoms with Crippen LogP contribution >= 0.6 is 0 Å². The first-order valence-electron chi connectivity index (χ1n) is 6.24. The standard InChI is InChI=1S/C15H16FN3O/c1-19(10-11-4-2-3-5-14(11)16)15(20)8-13-7-6-12(17)9-18-13/h2-7,9H,8,10,17H2,1H3. The maximum atomic E-state index is 13.5. The molecule has 1 aromatic carbocycles. The number of hydrogen-bond acceptors (Lipinski definition) is 3. The maximum absolute atomic E-state index is 13.5. The summed E-state index contributed by atoms with van der Waals surface area (Å²) in [5.41, 5.74) is 7.23. The number of nitrogens with zero attached hydrogens (tertiary/aromatic N) is 2. The molecule has 2 rings (SSSR count). The van der Waals surface area contributed by atoms with E-state index in [1.54, 1.807) is 37.4 Å². The summed E-state index contributed by atoms with van der Waals surface area (Å²) in [5, 5.41) is 0. The summed E-state index contributed by atoms with van der Waals surface area (Å²) >= 11 is 0. The monoisotopic (exact) mass is 273 g/mol. The van der Waals surface area contributed by atoms with Gasteiger partial charge in [0.1, 0.15) is 5.82 Å². The van der Waals surface area contributed by atoms with Crippen LogP contribution in [-0.2, 0) is 17.8 Å². The lowest BCUT2D eigenvalue weighted by Crippen LogP contribution is -2.28. The van der Waals surface area contributed by atoms with E-state index in [1.807, 2.05) is 0 Å². The zero-order valence-electron chi connectivity index (χ0n) is 11.2. The van der Waals surface area contributed by atoms with Crippen LogP contribution < -0.4 is 5.73 Å². The smallest absolute Gasteiger partial charge is 0.228 e. The number of rotatable bonds is 4. The molecule has 0 saturated heterocycles. The number of amides is 1. The number of anilines is 1. The van der Waals surface area contributed by atoms with Crippen molar-refractivity contribution in [2.45, 2.75) is 13.0 Å². The summed E-state index contributed by atoms with van der Waals surface area (Å²) in [6.45, 7) is 0.237. The Hall–Kier alpha value is -2.43. The second-order valence-corrected chi connectivity index (χ2v) is 4.60. The summed E-state index contributed by atoms with van der Waals surface area (Å²) in [5.74, 6) is -0.428. The third-order valence-corrected chi connectivity index (χ3v) is 2.97. The molecule has 0 aliphatic heterocycles. The van der Waals surface area contributed by atoms with Crippen LogP contribution in [0.2, 0.25) is 0 Å². The molecule has 20 heavy (non-hydrogen) atoms. The van der Waals surface area contributed by atoms with Crippen molar-refractivity contribution in [3.8, 4) is 0 Å². The van der Waals surface area contributed by atoms with E-state index in [9.17, 15) is 9.18 Å². The lowest BCUT2D eigenvalue weighted by atomic mass is 10.2. The van der Waals surface area contributed by atoms with Gasteiger partial charge in [-0.25, -0.2) is 4.39 Å². The quantitative estimate of drug-likeness (QED) is 0.927. The molecule has 1 amide bonds. The van der Waals surface area contributed by atoms with Gasteiger partial charge in [-0.15, -0.1) is 0 Å². The number of aromatic nitrogens is 1. The molecule has 2 N–H and O–H groups in total. The first-order chi connectivity index (χ1) is 9.56. The average Bonchev–Trinajstić information content (AvgIpc) is 2.44. The summed E-state index contributed by atoms with van der Waals surface area (Å²) in [6, 6.07) is 9.84.